The molecule has 4 heterocycles. The maximum Gasteiger partial charge on any atom is 0.0744 e. The van der Waals surface area contributed by atoms with Gasteiger partial charge in [0.25, 0.3) is 0 Å². The number of nitrogens with zero attached hydrogens (tertiary/aromatic N) is 1. The van der Waals surface area contributed by atoms with Gasteiger partial charge < -0.3 is 20.3 Å². The van der Waals surface area contributed by atoms with E-state index in [9.17, 15) is 0 Å². The molecule has 4 N–H and O–H groups in total. The van der Waals surface area contributed by atoms with E-state index in [1.807, 2.05) is 0 Å². The van der Waals surface area contributed by atoms with Gasteiger partial charge >= 0.3 is 0 Å². The molecule has 4 heteroatoms. The summed E-state index contributed by atoms with van der Waals surface area (Å²) in [7, 11) is 0. The van der Waals surface area contributed by atoms with Gasteiger partial charge in [0.05, 0.1) is 16.6 Å². The summed E-state index contributed by atoms with van der Waals surface area (Å²) < 4.78 is 2.53. The zero-order chi connectivity index (χ0) is 20.1. The fourth-order valence-electron chi connectivity index (χ4n) is 5.82. The Morgan fingerprint density at radius 2 is 1.73 bits per heavy atom. The highest BCUT2D eigenvalue weighted by atomic mass is 15.0. The van der Waals surface area contributed by atoms with Crippen molar-refractivity contribution in [1.29, 1.82) is 0 Å². The lowest BCUT2D eigenvalue weighted by molar-refractivity contribution is 0.652. The van der Waals surface area contributed by atoms with Crippen LogP contribution >= 0.6 is 0 Å². The second kappa shape index (κ2) is 5.35. The first-order valence-corrected chi connectivity index (χ1v) is 10.6. The smallest absolute Gasteiger partial charge is 0.0744 e. The summed E-state index contributed by atoms with van der Waals surface area (Å²) in [5.74, 6) is 0. The van der Waals surface area contributed by atoms with Crippen LogP contribution in [0.25, 0.3) is 67.5 Å². The first kappa shape index (κ1) is 16.3. The van der Waals surface area contributed by atoms with E-state index in [1.54, 1.807) is 0 Å². The summed E-state index contributed by atoms with van der Waals surface area (Å²) in [5, 5.41) is 9.31. The van der Waals surface area contributed by atoms with Crippen molar-refractivity contribution in [2.45, 2.75) is 25.9 Å². The second-order valence-electron chi connectivity index (χ2n) is 8.58. The largest absolute Gasteiger partial charge is 0.355 e. The lowest BCUT2D eigenvalue weighted by Crippen LogP contribution is -2.07. The number of nitrogens with two attached hydrogens (primary N) is 1. The van der Waals surface area contributed by atoms with Crippen LogP contribution in [0.1, 0.15) is 17.5 Å². The van der Waals surface area contributed by atoms with Gasteiger partial charge in [-0.05, 0) is 30.0 Å². The summed E-state index contributed by atoms with van der Waals surface area (Å²) in [6.45, 7) is 10.3. The van der Waals surface area contributed by atoms with Crippen LogP contribution in [0.15, 0.2) is 36.4 Å². The van der Waals surface area contributed by atoms with Crippen LogP contribution in [0.3, 0.4) is 0 Å². The summed E-state index contributed by atoms with van der Waals surface area (Å²) in [6, 6.07) is 13.2. The van der Waals surface area contributed by atoms with Crippen LogP contribution in [0.5, 0.6) is 0 Å². The minimum Gasteiger partial charge on any atom is -0.355 e. The van der Waals surface area contributed by atoms with Crippen LogP contribution in [-0.4, -0.2) is 14.5 Å². The average Bonchev–Trinajstić information content (AvgIpc) is 3.39. The van der Waals surface area contributed by atoms with Gasteiger partial charge in [0.15, 0.2) is 0 Å². The molecule has 0 spiro atoms. The molecule has 0 amide bonds. The SMILES string of the molecule is C=c1[nH]c(=C)c2c1c1c3ccc(CN)cc3[nH]c1c1c2c2cccc3c2n1CCC3. The summed E-state index contributed by atoms with van der Waals surface area (Å²) in [5.41, 5.74) is 13.5. The molecule has 3 aromatic heterocycles. The number of hydrogen-bond donors (Lipinski definition) is 3. The average molecular weight is 390 g/mol. The molecular weight excluding hydrogens is 368 g/mol. The number of rotatable bonds is 1. The third-order valence-corrected chi connectivity index (χ3v) is 6.98. The van der Waals surface area contributed by atoms with E-state index in [0.717, 1.165) is 41.2 Å². The summed E-state index contributed by atoms with van der Waals surface area (Å²) >= 11 is 0. The molecule has 6 aromatic rings. The van der Waals surface area contributed by atoms with Crippen molar-refractivity contribution < 1.29 is 0 Å². The molecule has 7 rings (SSSR count). The molecule has 0 bridgehead atoms. The number of aromatic nitrogens is 3. The van der Waals surface area contributed by atoms with E-state index < -0.39 is 0 Å². The number of fused-ring (bicyclic) bond motifs is 10. The van der Waals surface area contributed by atoms with E-state index in [-0.39, 0.29) is 0 Å². The van der Waals surface area contributed by atoms with E-state index >= 15 is 0 Å². The number of hydrogen-bond acceptors (Lipinski definition) is 1. The zero-order valence-electron chi connectivity index (χ0n) is 16.7. The molecule has 4 nitrogen and oxygen atoms in total. The maximum atomic E-state index is 5.92. The van der Waals surface area contributed by atoms with Crippen molar-refractivity contribution in [3.8, 4) is 0 Å². The normalized spacial score (nSPS) is 14.2. The Bertz CT molecular complexity index is 1790. The molecule has 0 fully saturated rings. The van der Waals surface area contributed by atoms with Crippen LogP contribution in [0, 0.1) is 0 Å². The number of nitrogens with one attached hydrogen (secondary N) is 2. The molecule has 0 aliphatic carbocycles. The van der Waals surface area contributed by atoms with Gasteiger partial charge in [-0.1, -0.05) is 43.5 Å². The van der Waals surface area contributed by atoms with E-state index in [1.165, 1.54) is 54.4 Å². The molecule has 30 heavy (non-hydrogen) atoms. The molecule has 3 aromatic carbocycles. The van der Waals surface area contributed by atoms with Crippen LogP contribution < -0.4 is 16.4 Å². The minimum absolute atomic E-state index is 0.535. The fourth-order valence-corrected chi connectivity index (χ4v) is 5.82. The molecule has 0 atom stereocenters. The molecular formula is C26H22N4. The number of benzene rings is 3. The number of H-pyrrole nitrogens is 2. The number of aromatic amines is 2. The fraction of sp³-hybridized carbons (Fsp3) is 0.154. The van der Waals surface area contributed by atoms with Crippen molar-refractivity contribution in [2.24, 2.45) is 5.73 Å². The molecule has 0 saturated carbocycles. The Labute approximate surface area is 172 Å². The van der Waals surface area contributed by atoms with Crippen LogP contribution in [0.2, 0.25) is 0 Å². The van der Waals surface area contributed by atoms with Gasteiger partial charge in [-0.15, -0.1) is 0 Å². The topological polar surface area (TPSA) is 62.5 Å². The predicted octanol–water partition coefficient (Wildman–Crippen LogP) is 4.14. The lowest BCUT2D eigenvalue weighted by Gasteiger charge is -2.16. The summed E-state index contributed by atoms with van der Waals surface area (Å²) in [4.78, 5) is 7.20. The van der Waals surface area contributed by atoms with Crippen molar-refractivity contribution >= 4 is 67.5 Å². The van der Waals surface area contributed by atoms with Gasteiger partial charge in [0, 0.05) is 61.6 Å². The van der Waals surface area contributed by atoms with Crippen molar-refractivity contribution in [1.82, 2.24) is 14.5 Å². The summed E-state index contributed by atoms with van der Waals surface area (Å²) in [6.07, 6.45) is 2.30. The van der Waals surface area contributed by atoms with Crippen molar-refractivity contribution in [2.75, 3.05) is 0 Å². The maximum absolute atomic E-state index is 5.92. The lowest BCUT2D eigenvalue weighted by atomic mass is 9.99. The molecule has 1 aliphatic rings. The van der Waals surface area contributed by atoms with Crippen LogP contribution in [0.4, 0.5) is 0 Å². The first-order chi connectivity index (χ1) is 14.7. The van der Waals surface area contributed by atoms with Gasteiger partial charge in [-0.2, -0.15) is 0 Å². The van der Waals surface area contributed by atoms with Crippen molar-refractivity contribution in [3.05, 3.63) is 58.2 Å². The minimum atomic E-state index is 0.535. The standard InChI is InChI=1S/C26H22N4/c1-13-20-21(14(2)28-13)23-18-7-3-5-16-6-4-10-30(25(16)18)26(23)24-22(20)17-9-8-15(12-27)11-19(17)29-24/h3,5,7-9,11,28-29H,1-2,4,6,10,12,27H2. The van der Waals surface area contributed by atoms with E-state index in [2.05, 4.69) is 64.1 Å². The Balaban J connectivity index is 1.90. The molecule has 0 radical (unpaired) electrons. The van der Waals surface area contributed by atoms with Gasteiger partial charge in [0.1, 0.15) is 0 Å². The van der Waals surface area contributed by atoms with Gasteiger partial charge in [-0.3, -0.25) is 0 Å². The second-order valence-corrected chi connectivity index (χ2v) is 8.58. The third kappa shape index (κ3) is 1.77. The number of para-hydroxylation sites is 1. The molecule has 146 valence electrons. The van der Waals surface area contributed by atoms with Crippen LogP contribution in [-0.2, 0) is 19.5 Å². The highest BCUT2D eigenvalue weighted by Crippen LogP contribution is 2.43. The third-order valence-electron chi connectivity index (χ3n) is 6.98. The zero-order valence-corrected chi connectivity index (χ0v) is 16.7. The molecule has 0 unspecified atom stereocenters. The molecule has 0 saturated heterocycles. The predicted molar refractivity (Wildman–Crippen MR) is 127 cm³/mol. The highest BCUT2D eigenvalue weighted by Gasteiger charge is 2.24. The van der Waals surface area contributed by atoms with Crippen molar-refractivity contribution in [3.63, 3.8) is 0 Å². The Morgan fingerprint density at radius 1 is 0.900 bits per heavy atom. The first-order valence-electron chi connectivity index (χ1n) is 10.6. The van der Waals surface area contributed by atoms with Gasteiger partial charge in [0.2, 0.25) is 0 Å². The number of aryl methyl sites for hydroxylation is 2. The van der Waals surface area contributed by atoms with E-state index in [0.29, 0.717) is 6.54 Å². The monoisotopic (exact) mass is 390 g/mol. The van der Waals surface area contributed by atoms with E-state index in [4.69, 9.17) is 5.73 Å². The Kier molecular flexibility index (Phi) is 2.91. The van der Waals surface area contributed by atoms with Gasteiger partial charge in [-0.25, -0.2) is 0 Å². The molecule has 1 aliphatic heterocycles. The quantitative estimate of drug-likeness (QED) is 0.388. The Morgan fingerprint density at radius 3 is 2.57 bits per heavy atom. The highest BCUT2D eigenvalue weighted by molar-refractivity contribution is 6.35. The Hall–Kier alpha value is -3.50.